The number of benzene rings is 1. The van der Waals surface area contributed by atoms with Gasteiger partial charge in [0.2, 0.25) is 0 Å². The van der Waals surface area contributed by atoms with Crippen LogP contribution in [0.4, 0.5) is 20.2 Å². The van der Waals surface area contributed by atoms with Gasteiger partial charge >= 0.3 is 0 Å². The van der Waals surface area contributed by atoms with E-state index in [1.54, 1.807) is 19.3 Å². The third kappa shape index (κ3) is 1.61. The van der Waals surface area contributed by atoms with E-state index in [0.29, 0.717) is 22.2 Å². The second kappa shape index (κ2) is 4.33. The predicted octanol–water partition coefficient (Wildman–Crippen LogP) is 3.10. The highest BCUT2D eigenvalue weighted by Gasteiger charge is 2.20. The topological polar surface area (TPSA) is 44.0 Å². The fraction of sp³-hybridized carbons (Fsp3) is 0.214. The van der Waals surface area contributed by atoms with Gasteiger partial charge in [-0.15, -0.1) is 0 Å². The van der Waals surface area contributed by atoms with E-state index < -0.39 is 11.6 Å². The van der Waals surface area contributed by atoms with Crippen molar-refractivity contribution in [3.63, 3.8) is 0 Å². The van der Waals surface area contributed by atoms with E-state index in [0.717, 1.165) is 11.8 Å². The predicted molar refractivity (Wildman–Crippen MR) is 77.4 cm³/mol. The molecule has 1 aromatic carbocycles. The zero-order valence-corrected chi connectivity index (χ0v) is 11.4. The molecule has 0 saturated carbocycles. The van der Waals surface area contributed by atoms with E-state index in [-0.39, 0.29) is 5.39 Å². The maximum Gasteiger partial charge on any atom is 0.169 e. The van der Waals surface area contributed by atoms with Crippen LogP contribution < -0.4 is 10.2 Å². The van der Waals surface area contributed by atoms with Crippen LogP contribution in [0.1, 0.15) is 0 Å². The van der Waals surface area contributed by atoms with Gasteiger partial charge in [0.25, 0.3) is 0 Å². The van der Waals surface area contributed by atoms with Crippen LogP contribution >= 0.6 is 0 Å². The molecule has 0 unspecified atom stereocenters. The monoisotopic (exact) mass is 276 g/mol. The van der Waals surface area contributed by atoms with Gasteiger partial charge in [-0.3, -0.25) is 0 Å². The van der Waals surface area contributed by atoms with E-state index in [2.05, 4.69) is 15.3 Å². The standard InChI is InChI=1S/C14H14F2N4/c1-17-8-6-7(15)12(16)11-10-9(20(2)3)4-5-18-14(10)19-13(8)11/h4-6,17H,1-3H3,(H,18,19). The normalized spacial score (nSPS) is 11.2. The molecule has 0 atom stereocenters. The molecule has 2 aromatic heterocycles. The van der Waals surface area contributed by atoms with E-state index in [1.807, 2.05) is 19.0 Å². The quantitative estimate of drug-likeness (QED) is 0.756. The number of anilines is 2. The number of pyridine rings is 1. The number of nitrogens with one attached hydrogen (secondary N) is 2. The van der Waals surface area contributed by atoms with Crippen molar-refractivity contribution in [2.75, 3.05) is 31.4 Å². The lowest BCUT2D eigenvalue weighted by Crippen LogP contribution is -2.09. The van der Waals surface area contributed by atoms with Crippen LogP contribution in [0.15, 0.2) is 18.3 Å². The second-order valence-electron chi connectivity index (χ2n) is 4.79. The Hall–Kier alpha value is -2.37. The Morgan fingerprint density at radius 1 is 1.25 bits per heavy atom. The molecule has 2 N–H and O–H groups in total. The summed E-state index contributed by atoms with van der Waals surface area (Å²) in [7, 11) is 5.37. The summed E-state index contributed by atoms with van der Waals surface area (Å²) in [5.74, 6) is -1.74. The second-order valence-corrected chi connectivity index (χ2v) is 4.79. The number of hydrogen-bond acceptors (Lipinski definition) is 3. The lowest BCUT2D eigenvalue weighted by molar-refractivity contribution is 0.518. The van der Waals surface area contributed by atoms with Crippen molar-refractivity contribution < 1.29 is 8.78 Å². The molecule has 0 aliphatic heterocycles. The minimum absolute atomic E-state index is 0.223. The lowest BCUT2D eigenvalue weighted by Gasteiger charge is -2.13. The molecule has 0 aliphatic carbocycles. The van der Waals surface area contributed by atoms with Crippen molar-refractivity contribution in [2.45, 2.75) is 0 Å². The van der Waals surface area contributed by atoms with Crippen LogP contribution in [0.25, 0.3) is 21.9 Å². The Morgan fingerprint density at radius 3 is 2.65 bits per heavy atom. The van der Waals surface area contributed by atoms with Gasteiger partial charge in [-0.05, 0) is 6.07 Å². The van der Waals surface area contributed by atoms with Crippen molar-refractivity contribution in [3.05, 3.63) is 30.0 Å². The van der Waals surface area contributed by atoms with Crippen LogP contribution in [-0.2, 0) is 0 Å². The first-order valence-electron chi connectivity index (χ1n) is 6.18. The summed E-state index contributed by atoms with van der Waals surface area (Å²) in [4.78, 5) is 9.11. The average Bonchev–Trinajstić information content (AvgIpc) is 2.82. The van der Waals surface area contributed by atoms with E-state index in [9.17, 15) is 8.78 Å². The van der Waals surface area contributed by atoms with E-state index >= 15 is 0 Å². The number of rotatable bonds is 2. The van der Waals surface area contributed by atoms with Gasteiger partial charge in [-0.25, -0.2) is 13.8 Å². The molecule has 0 radical (unpaired) electrons. The molecule has 2 heterocycles. The van der Waals surface area contributed by atoms with Gasteiger partial charge in [0.1, 0.15) is 5.65 Å². The van der Waals surface area contributed by atoms with Crippen LogP contribution in [0.5, 0.6) is 0 Å². The molecular weight excluding hydrogens is 262 g/mol. The Labute approximate surface area is 114 Å². The Bertz CT molecular complexity index is 808. The van der Waals surface area contributed by atoms with Gasteiger partial charge in [-0.2, -0.15) is 0 Å². The average molecular weight is 276 g/mol. The number of H-pyrrole nitrogens is 1. The summed E-state index contributed by atoms with van der Waals surface area (Å²) in [6.45, 7) is 0. The lowest BCUT2D eigenvalue weighted by atomic mass is 10.1. The summed E-state index contributed by atoms with van der Waals surface area (Å²) < 4.78 is 28.0. The van der Waals surface area contributed by atoms with Crippen molar-refractivity contribution in [3.8, 4) is 0 Å². The number of aromatic nitrogens is 2. The minimum Gasteiger partial charge on any atom is -0.386 e. The molecule has 0 fully saturated rings. The molecule has 104 valence electrons. The van der Waals surface area contributed by atoms with Crippen molar-refractivity contribution in [1.82, 2.24) is 9.97 Å². The smallest absolute Gasteiger partial charge is 0.169 e. The van der Waals surface area contributed by atoms with Gasteiger partial charge < -0.3 is 15.2 Å². The zero-order valence-electron chi connectivity index (χ0n) is 11.4. The molecule has 3 aromatic rings. The van der Waals surface area contributed by atoms with Crippen molar-refractivity contribution in [2.24, 2.45) is 0 Å². The number of nitrogens with zero attached hydrogens (tertiary/aromatic N) is 2. The Balaban J connectivity index is 2.58. The molecule has 0 spiro atoms. The minimum atomic E-state index is -0.878. The van der Waals surface area contributed by atoms with Gasteiger partial charge in [0.15, 0.2) is 11.6 Å². The highest BCUT2D eigenvalue weighted by Crippen LogP contribution is 2.37. The molecule has 0 amide bonds. The number of aromatic amines is 1. The van der Waals surface area contributed by atoms with Gasteiger partial charge in [-0.1, -0.05) is 0 Å². The maximum atomic E-state index is 14.3. The third-order valence-electron chi connectivity index (χ3n) is 3.39. The number of halogens is 2. The van der Waals surface area contributed by atoms with Crippen LogP contribution in [0.3, 0.4) is 0 Å². The molecule has 0 aliphatic rings. The molecule has 6 heteroatoms. The summed E-state index contributed by atoms with van der Waals surface area (Å²) >= 11 is 0. The Kier molecular flexibility index (Phi) is 2.74. The third-order valence-corrected chi connectivity index (χ3v) is 3.39. The summed E-state index contributed by atoms with van der Waals surface area (Å²) in [6.07, 6.45) is 1.64. The largest absolute Gasteiger partial charge is 0.386 e. The zero-order chi connectivity index (χ0) is 14.4. The fourth-order valence-electron chi connectivity index (χ4n) is 2.47. The molecule has 20 heavy (non-hydrogen) atoms. The Morgan fingerprint density at radius 2 is 2.00 bits per heavy atom. The SMILES string of the molecule is CNc1cc(F)c(F)c2c1[nH]c1nccc(N(C)C)c12. The van der Waals surface area contributed by atoms with Crippen LogP contribution in [0.2, 0.25) is 0 Å². The van der Waals surface area contributed by atoms with E-state index in [4.69, 9.17) is 0 Å². The first-order chi connectivity index (χ1) is 9.54. The summed E-state index contributed by atoms with van der Waals surface area (Å²) in [5.41, 5.74) is 2.34. The molecule has 3 rings (SSSR count). The van der Waals surface area contributed by atoms with Crippen LogP contribution in [0, 0.1) is 11.6 Å². The first-order valence-corrected chi connectivity index (χ1v) is 6.18. The van der Waals surface area contributed by atoms with Gasteiger partial charge in [0, 0.05) is 39.1 Å². The maximum absolute atomic E-state index is 14.3. The highest BCUT2D eigenvalue weighted by molar-refractivity contribution is 6.15. The van der Waals surface area contributed by atoms with Crippen molar-refractivity contribution in [1.29, 1.82) is 0 Å². The summed E-state index contributed by atoms with van der Waals surface area (Å²) in [5, 5.41) is 3.68. The van der Waals surface area contributed by atoms with Crippen LogP contribution in [-0.4, -0.2) is 31.1 Å². The fourth-order valence-corrected chi connectivity index (χ4v) is 2.47. The van der Waals surface area contributed by atoms with Gasteiger partial charge in [0.05, 0.1) is 22.0 Å². The van der Waals surface area contributed by atoms with Crippen molar-refractivity contribution >= 4 is 33.3 Å². The molecule has 0 saturated heterocycles. The molecule has 4 nitrogen and oxygen atoms in total. The number of hydrogen-bond donors (Lipinski definition) is 2. The first kappa shape index (κ1) is 12.7. The highest BCUT2D eigenvalue weighted by atomic mass is 19.2. The van der Waals surface area contributed by atoms with E-state index in [1.165, 1.54) is 0 Å². The molecular formula is C14H14F2N4. The number of fused-ring (bicyclic) bond motifs is 3. The summed E-state index contributed by atoms with van der Waals surface area (Å²) in [6, 6.07) is 2.92. The molecule has 0 bridgehead atoms.